The fraction of sp³-hybridized carbons (Fsp3) is 0.533. The fourth-order valence-electron chi connectivity index (χ4n) is 2.87. The summed E-state index contributed by atoms with van der Waals surface area (Å²) in [4.78, 5) is 24.5. The number of nitro benzene ring substituents is 1. The van der Waals surface area contributed by atoms with Crippen LogP contribution in [0.3, 0.4) is 0 Å². The van der Waals surface area contributed by atoms with Gasteiger partial charge in [-0.1, -0.05) is 12.1 Å². The van der Waals surface area contributed by atoms with Crippen LogP contribution in [-0.2, 0) is 9.53 Å². The van der Waals surface area contributed by atoms with Crippen molar-refractivity contribution in [3.8, 4) is 0 Å². The Bertz CT molecular complexity index is 549. The van der Waals surface area contributed by atoms with Gasteiger partial charge in [0.25, 0.3) is 5.69 Å². The highest BCUT2D eigenvalue weighted by Crippen LogP contribution is 2.32. The lowest BCUT2D eigenvalue weighted by molar-refractivity contribution is -0.385. The van der Waals surface area contributed by atoms with Crippen molar-refractivity contribution in [1.29, 1.82) is 0 Å². The van der Waals surface area contributed by atoms with E-state index >= 15 is 0 Å². The Balaban J connectivity index is 2.27. The number of hydrogen-bond acceptors (Lipinski definition) is 5. The first kappa shape index (κ1) is 16.4. The Morgan fingerprint density at radius 2 is 2.27 bits per heavy atom. The van der Waals surface area contributed by atoms with Gasteiger partial charge < -0.3 is 15.4 Å². The first-order valence-electron chi connectivity index (χ1n) is 7.33. The molecular weight excluding hydrogens is 286 g/mol. The third kappa shape index (κ3) is 3.61. The Morgan fingerprint density at radius 1 is 1.50 bits per heavy atom. The van der Waals surface area contributed by atoms with Crippen LogP contribution in [0.5, 0.6) is 0 Å². The number of amides is 1. The molecule has 1 aromatic rings. The van der Waals surface area contributed by atoms with Crippen LogP contribution in [0.2, 0.25) is 0 Å². The molecule has 2 rings (SSSR count). The van der Waals surface area contributed by atoms with Gasteiger partial charge in [0.05, 0.1) is 11.0 Å². The summed E-state index contributed by atoms with van der Waals surface area (Å²) in [5.41, 5.74) is 6.93. The van der Waals surface area contributed by atoms with Crippen LogP contribution in [0.25, 0.3) is 0 Å². The second kappa shape index (κ2) is 7.33. The summed E-state index contributed by atoms with van der Waals surface area (Å²) in [5, 5.41) is 11.0. The lowest BCUT2D eigenvalue weighted by Crippen LogP contribution is -2.49. The minimum atomic E-state index is -0.436. The van der Waals surface area contributed by atoms with Crippen molar-refractivity contribution in [2.45, 2.75) is 31.3 Å². The number of nitrogens with zero attached hydrogens (tertiary/aromatic N) is 2. The lowest BCUT2D eigenvalue weighted by Gasteiger charge is -2.40. The monoisotopic (exact) mass is 307 g/mol. The number of non-ortho nitro benzene ring substituents is 1. The minimum absolute atomic E-state index is 0.0135. The van der Waals surface area contributed by atoms with Gasteiger partial charge in [0.2, 0.25) is 5.91 Å². The van der Waals surface area contributed by atoms with Crippen LogP contribution in [0.4, 0.5) is 5.69 Å². The fourth-order valence-corrected chi connectivity index (χ4v) is 2.87. The van der Waals surface area contributed by atoms with E-state index in [-0.39, 0.29) is 23.7 Å². The molecule has 2 unspecified atom stereocenters. The molecule has 7 heteroatoms. The molecule has 22 heavy (non-hydrogen) atoms. The van der Waals surface area contributed by atoms with Crippen LogP contribution in [0.1, 0.15) is 30.9 Å². The van der Waals surface area contributed by atoms with Gasteiger partial charge in [0, 0.05) is 44.9 Å². The van der Waals surface area contributed by atoms with E-state index in [0.717, 1.165) is 0 Å². The van der Waals surface area contributed by atoms with Gasteiger partial charge in [-0.25, -0.2) is 0 Å². The Labute approximate surface area is 129 Å². The van der Waals surface area contributed by atoms with Crippen molar-refractivity contribution in [3.63, 3.8) is 0 Å². The first-order chi connectivity index (χ1) is 10.5. The van der Waals surface area contributed by atoms with E-state index in [9.17, 15) is 14.9 Å². The number of piperidine rings is 1. The summed E-state index contributed by atoms with van der Waals surface area (Å²) in [5.74, 6) is 0.0364. The molecule has 120 valence electrons. The summed E-state index contributed by atoms with van der Waals surface area (Å²) < 4.78 is 5.03. The van der Waals surface area contributed by atoms with Crippen molar-refractivity contribution in [3.05, 3.63) is 39.9 Å². The lowest BCUT2D eigenvalue weighted by atomic mass is 9.90. The van der Waals surface area contributed by atoms with E-state index in [1.165, 1.54) is 12.1 Å². The highest BCUT2D eigenvalue weighted by molar-refractivity contribution is 5.78. The van der Waals surface area contributed by atoms with Crippen molar-refractivity contribution >= 4 is 11.6 Å². The predicted octanol–water partition coefficient (Wildman–Crippen LogP) is 1.62. The molecule has 0 aliphatic carbocycles. The van der Waals surface area contributed by atoms with E-state index in [2.05, 4.69) is 0 Å². The molecule has 0 aromatic heterocycles. The molecule has 0 spiro atoms. The van der Waals surface area contributed by atoms with E-state index < -0.39 is 4.92 Å². The van der Waals surface area contributed by atoms with Gasteiger partial charge in [-0.3, -0.25) is 14.9 Å². The maximum atomic E-state index is 12.2. The molecule has 1 amide bonds. The summed E-state index contributed by atoms with van der Waals surface area (Å²) in [6.07, 6.45) is 1.72. The number of carbonyl (C=O) groups excluding carboxylic acids is 1. The minimum Gasteiger partial charge on any atom is -0.385 e. The molecule has 1 fully saturated rings. The van der Waals surface area contributed by atoms with Crippen molar-refractivity contribution in [2.75, 3.05) is 20.3 Å². The van der Waals surface area contributed by atoms with E-state index in [0.29, 0.717) is 38.0 Å². The molecule has 2 atom stereocenters. The molecule has 7 nitrogen and oxygen atoms in total. The molecule has 0 saturated carbocycles. The van der Waals surface area contributed by atoms with Gasteiger partial charge in [-0.15, -0.1) is 0 Å². The van der Waals surface area contributed by atoms with Gasteiger partial charge in [0.15, 0.2) is 0 Å². The average molecular weight is 307 g/mol. The van der Waals surface area contributed by atoms with Gasteiger partial charge in [-0.05, 0) is 18.4 Å². The van der Waals surface area contributed by atoms with Crippen LogP contribution in [-0.4, -0.2) is 42.0 Å². The van der Waals surface area contributed by atoms with Crippen molar-refractivity contribution < 1.29 is 14.5 Å². The summed E-state index contributed by atoms with van der Waals surface area (Å²) in [6, 6.07) is 5.83. The topological polar surface area (TPSA) is 98.7 Å². The second-order valence-electron chi connectivity index (χ2n) is 5.43. The molecule has 2 N–H and O–H groups in total. The van der Waals surface area contributed by atoms with E-state index in [4.69, 9.17) is 10.5 Å². The molecule has 1 heterocycles. The van der Waals surface area contributed by atoms with Crippen molar-refractivity contribution in [2.24, 2.45) is 5.73 Å². The highest BCUT2D eigenvalue weighted by Gasteiger charge is 2.35. The number of likely N-dealkylation sites (tertiary alicyclic amines) is 1. The SMILES string of the molecule is COCCCN1C(=O)CCC(N)C1c1cccc([N+](=O)[O-])c1. The number of nitrogens with two attached hydrogens (primary N) is 1. The number of hydrogen-bond donors (Lipinski definition) is 1. The Kier molecular flexibility index (Phi) is 5.46. The summed E-state index contributed by atoms with van der Waals surface area (Å²) >= 11 is 0. The average Bonchev–Trinajstić information content (AvgIpc) is 2.51. The Hall–Kier alpha value is -1.99. The van der Waals surface area contributed by atoms with Crippen LogP contribution < -0.4 is 5.73 Å². The molecule has 1 aliphatic heterocycles. The number of nitro groups is 1. The highest BCUT2D eigenvalue weighted by atomic mass is 16.6. The molecule has 1 saturated heterocycles. The maximum absolute atomic E-state index is 12.2. The molecule has 1 aliphatic rings. The van der Waals surface area contributed by atoms with E-state index in [1.807, 2.05) is 0 Å². The van der Waals surface area contributed by atoms with Crippen LogP contribution >= 0.6 is 0 Å². The number of benzene rings is 1. The van der Waals surface area contributed by atoms with Crippen molar-refractivity contribution in [1.82, 2.24) is 4.90 Å². The summed E-state index contributed by atoms with van der Waals surface area (Å²) in [6.45, 7) is 1.09. The standard InChI is InChI=1S/C15H21N3O4/c1-22-9-3-8-17-14(19)7-6-13(16)15(17)11-4-2-5-12(10-11)18(20)21/h2,4-5,10,13,15H,3,6-9,16H2,1H3. The number of ether oxygens (including phenoxy) is 1. The normalized spacial score (nSPS) is 21.9. The number of methoxy groups -OCH3 is 1. The summed E-state index contributed by atoms with van der Waals surface area (Å²) in [7, 11) is 1.61. The van der Waals surface area contributed by atoms with Gasteiger partial charge in [0.1, 0.15) is 0 Å². The zero-order chi connectivity index (χ0) is 16.1. The molecule has 0 bridgehead atoms. The Morgan fingerprint density at radius 3 is 2.95 bits per heavy atom. The zero-order valence-electron chi connectivity index (χ0n) is 12.6. The molecule has 0 radical (unpaired) electrons. The van der Waals surface area contributed by atoms with Gasteiger partial charge in [-0.2, -0.15) is 0 Å². The number of rotatable bonds is 6. The van der Waals surface area contributed by atoms with E-state index in [1.54, 1.807) is 24.1 Å². The quantitative estimate of drug-likeness (QED) is 0.489. The molecule has 1 aromatic carbocycles. The third-order valence-corrected chi connectivity index (χ3v) is 3.92. The maximum Gasteiger partial charge on any atom is 0.269 e. The predicted molar refractivity (Wildman–Crippen MR) is 81.3 cm³/mol. The second-order valence-corrected chi connectivity index (χ2v) is 5.43. The smallest absolute Gasteiger partial charge is 0.269 e. The number of carbonyl (C=O) groups is 1. The largest absolute Gasteiger partial charge is 0.385 e. The zero-order valence-corrected chi connectivity index (χ0v) is 12.6. The van der Waals surface area contributed by atoms with Crippen LogP contribution in [0, 0.1) is 10.1 Å². The first-order valence-corrected chi connectivity index (χ1v) is 7.33. The third-order valence-electron chi connectivity index (χ3n) is 3.92. The van der Waals surface area contributed by atoms with Crippen LogP contribution in [0.15, 0.2) is 24.3 Å². The van der Waals surface area contributed by atoms with Gasteiger partial charge >= 0.3 is 0 Å². The molecular formula is C15H21N3O4.